The van der Waals surface area contributed by atoms with Gasteiger partial charge in [-0.2, -0.15) is 0 Å². The van der Waals surface area contributed by atoms with Crippen LogP contribution in [0.2, 0.25) is 0 Å². The van der Waals surface area contributed by atoms with E-state index in [4.69, 9.17) is 0 Å². The number of hydrogen-bond donors (Lipinski definition) is 0. The van der Waals surface area contributed by atoms with Gasteiger partial charge >= 0.3 is 0 Å². The summed E-state index contributed by atoms with van der Waals surface area (Å²) >= 11 is 3.42. The quantitative estimate of drug-likeness (QED) is 0.480. The maximum absolute atomic E-state index is 3.90. The molecule has 0 spiro atoms. The Morgan fingerprint density at radius 2 is 1.93 bits per heavy atom. The lowest BCUT2D eigenvalue weighted by molar-refractivity contribution is 1.16. The van der Waals surface area contributed by atoms with E-state index in [-0.39, 0.29) is 0 Å². The van der Waals surface area contributed by atoms with E-state index in [1.165, 1.54) is 5.57 Å². The zero-order valence-electron chi connectivity index (χ0n) is 8.72. The number of halogens is 1. The summed E-state index contributed by atoms with van der Waals surface area (Å²) in [6.07, 6.45) is 8.76. The minimum atomic E-state index is 0.911. The van der Waals surface area contributed by atoms with Crippen molar-refractivity contribution in [3.05, 3.63) is 60.8 Å². The summed E-state index contributed by atoms with van der Waals surface area (Å²) in [4.78, 5) is 0. The van der Waals surface area contributed by atoms with Crippen molar-refractivity contribution < 1.29 is 0 Å². The molecular formula is C13H17Br. The molecule has 0 nitrogen and oxygen atoms in total. The van der Waals surface area contributed by atoms with Crippen molar-refractivity contribution in [2.45, 2.75) is 13.3 Å². The van der Waals surface area contributed by atoms with Gasteiger partial charge in [-0.05, 0) is 24.5 Å². The summed E-state index contributed by atoms with van der Waals surface area (Å²) in [5.74, 6) is 0. The zero-order valence-corrected chi connectivity index (χ0v) is 10.3. The molecule has 0 aliphatic heterocycles. The Morgan fingerprint density at radius 1 is 1.29 bits per heavy atom. The molecule has 0 aromatic heterocycles. The molecule has 1 heteroatoms. The van der Waals surface area contributed by atoms with E-state index in [1.807, 2.05) is 13.0 Å². The van der Waals surface area contributed by atoms with E-state index >= 15 is 0 Å². The fourth-order valence-corrected chi connectivity index (χ4v) is 1.47. The highest BCUT2D eigenvalue weighted by Crippen LogP contribution is 2.15. The highest BCUT2D eigenvalue weighted by atomic mass is 79.9. The van der Waals surface area contributed by atoms with Crippen LogP contribution in [-0.2, 0) is 0 Å². The third kappa shape index (κ3) is 4.43. The van der Waals surface area contributed by atoms with Crippen molar-refractivity contribution in [1.82, 2.24) is 0 Å². The van der Waals surface area contributed by atoms with Crippen LogP contribution in [0.3, 0.4) is 0 Å². The van der Waals surface area contributed by atoms with Gasteiger partial charge in [0.1, 0.15) is 0 Å². The molecule has 0 radical (unpaired) electrons. The van der Waals surface area contributed by atoms with Gasteiger partial charge in [-0.25, -0.2) is 0 Å². The molecule has 0 rings (SSSR count). The monoisotopic (exact) mass is 252 g/mol. The predicted molar refractivity (Wildman–Crippen MR) is 69.8 cm³/mol. The van der Waals surface area contributed by atoms with Gasteiger partial charge in [0.05, 0.1) is 0 Å². The van der Waals surface area contributed by atoms with Gasteiger partial charge in [0.25, 0.3) is 0 Å². The minimum Gasteiger partial charge on any atom is -0.0985 e. The Kier molecular flexibility index (Phi) is 7.13. The van der Waals surface area contributed by atoms with Crippen LogP contribution in [0.4, 0.5) is 0 Å². The summed E-state index contributed by atoms with van der Waals surface area (Å²) in [6, 6.07) is 0. The lowest BCUT2D eigenvalue weighted by Gasteiger charge is -2.03. The van der Waals surface area contributed by atoms with Crippen LogP contribution in [0, 0.1) is 0 Å². The molecule has 0 fully saturated rings. The third-order valence-electron chi connectivity index (χ3n) is 1.93. The Hall–Kier alpha value is -0.820. The van der Waals surface area contributed by atoms with Crippen molar-refractivity contribution in [2.75, 3.05) is 5.33 Å². The van der Waals surface area contributed by atoms with Crippen LogP contribution in [0.5, 0.6) is 0 Å². The summed E-state index contributed by atoms with van der Waals surface area (Å²) in [5, 5.41) is 0.966. The molecule has 0 unspecified atom stereocenters. The second-order valence-electron chi connectivity index (χ2n) is 2.84. The first kappa shape index (κ1) is 13.2. The standard InChI is InChI=1S/C13H17Br/c1-5-11(4)13(7-3)10-12(6-2)8-9-14/h5-7,10H,1,3-4,8-9H2,2H3/b12-6-,13-10-. The second kappa shape index (κ2) is 7.57. The topological polar surface area (TPSA) is 0 Å². The molecular weight excluding hydrogens is 236 g/mol. The average Bonchev–Trinajstić information content (AvgIpc) is 2.23. The van der Waals surface area contributed by atoms with Crippen LogP contribution in [0.25, 0.3) is 0 Å². The molecule has 0 atom stereocenters. The van der Waals surface area contributed by atoms with E-state index in [0.29, 0.717) is 0 Å². The molecule has 76 valence electrons. The van der Waals surface area contributed by atoms with E-state index in [9.17, 15) is 0 Å². The first-order chi connectivity index (χ1) is 6.69. The zero-order chi connectivity index (χ0) is 11.0. The van der Waals surface area contributed by atoms with Gasteiger partial charge in [-0.15, -0.1) is 0 Å². The lowest BCUT2D eigenvalue weighted by atomic mass is 10.0. The normalized spacial score (nSPS) is 12.4. The first-order valence-electron chi connectivity index (χ1n) is 4.56. The van der Waals surface area contributed by atoms with E-state index in [1.54, 1.807) is 6.08 Å². The molecule has 0 amide bonds. The molecule has 0 aliphatic rings. The van der Waals surface area contributed by atoms with Crippen LogP contribution in [-0.4, -0.2) is 5.33 Å². The Balaban J connectivity index is 4.81. The van der Waals surface area contributed by atoms with Crippen molar-refractivity contribution in [2.24, 2.45) is 0 Å². The van der Waals surface area contributed by atoms with Crippen LogP contribution >= 0.6 is 15.9 Å². The van der Waals surface area contributed by atoms with E-state index < -0.39 is 0 Å². The van der Waals surface area contributed by atoms with Gasteiger partial charge in [0.15, 0.2) is 0 Å². The van der Waals surface area contributed by atoms with Crippen LogP contribution in [0.15, 0.2) is 60.8 Å². The maximum Gasteiger partial charge on any atom is 0.00716 e. The molecule has 0 saturated carbocycles. The summed E-state index contributed by atoms with van der Waals surface area (Å²) in [5.41, 5.74) is 3.22. The van der Waals surface area contributed by atoms with Gasteiger partial charge in [0, 0.05) is 5.33 Å². The number of hydrogen-bond acceptors (Lipinski definition) is 0. The molecule has 0 bridgehead atoms. The Labute approximate surface area is 95.5 Å². The van der Waals surface area contributed by atoms with E-state index in [0.717, 1.165) is 22.9 Å². The number of allylic oxidation sites excluding steroid dienone is 7. The highest BCUT2D eigenvalue weighted by molar-refractivity contribution is 9.09. The third-order valence-corrected chi connectivity index (χ3v) is 2.33. The molecule has 0 heterocycles. The Morgan fingerprint density at radius 3 is 2.29 bits per heavy atom. The molecule has 0 saturated heterocycles. The van der Waals surface area contributed by atoms with Crippen molar-refractivity contribution in [3.63, 3.8) is 0 Å². The van der Waals surface area contributed by atoms with Crippen molar-refractivity contribution in [3.8, 4) is 0 Å². The average molecular weight is 253 g/mol. The predicted octanol–water partition coefficient (Wildman–Crippen LogP) is 4.57. The molecule has 14 heavy (non-hydrogen) atoms. The van der Waals surface area contributed by atoms with E-state index in [2.05, 4.69) is 47.8 Å². The molecule has 0 aromatic carbocycles. The number of alkyl halides is 1. The molecule has 0 aliphatic carbocycles. The molecule has 0 N–H and O–H groups in total. The fraction of sp³-hybridized carbons (Fsp3) is 0.231. The lowest BCUT2D eigenvalue weighted by Crippen LogP contribution is -1.85. The first-order valence-corrected chi connectivity index (χ1v) is 5.68. The summed E-state index contributed by atoms with van der Waals surface area (Å²) in [7, 11) is 0. The van der Waals surface area contributed by atoms with Crippen molar-refractivity contribution in [1.29, 1.82) is 0 Å². The number of rotatable bonds is 6. The minimum absolute atomic E-state index is 0.911. The second-order valence-corrected chi connectivity index (χ2v) is 3.63. The van der Waals surface area contributed by atoms with Gasteiger partial charge in [0.2, 0.25) is 0 Å². The maximum atomic E-state index is 3.90. The van der Waals surface area contributed by atoms with Gasteiger partial charge < -0.3 is 0 Å². The SMILES string of the molecule is C=CC(=C)/C(C=C)=C\C(=C/C)CCBr. The summed E-state index contributed by atoms with van der Waals surface area (Å²) in [6.45, 7) is 13.4. The van der Waals surface area contributed by atoms with Crippen LogP contribution < -0.4 is 0 Å². The Bertz CT molecular complexity index is 280. The van der Waals surface area contributed by atoms with Crippen molar-refractivity contribution >= 4 is 15.9 Å². The smallest absolute Gasteiger partial charge is 0.00716 e. The van der Waals surface area contributed by atoms with Crippen LogP contribution in [0.1, 0.15) is 13.3 Å². The van der Waals surface area contributed by atoms with Gasteiger partial charge in [-0.3, -0.25) is 0 Å². The van der Waals surface area contributed by atoms with Gasteiger partial charge in [-0.1, -0.05) is 65.5 Å². The summed E-state index contributed by atoms with van der Waals surface area (Å²) < 4.78 is 0. The molecule has 0 aromatic rings. The highest BCUT2D eigenvalue weighted by Gasteiger charge is 1.96. The largest absolute Gasteiger partial charge is 0.0985 e. The fourth-order valence-electron chi connectivity index (χ4n) is 1.01.